The van der Waals surface area contributed by atoms with Crippen molar-refractivity contribution in [2.75, 3.05) is 19.6 Å². The fourth-order valence-corrected chi connectivity index (χ4v) is 2.90. The average Bonchev–Trinajstić information content (AvgIpc) is 2.23. The molecule has 96 valence electrons. The summed E-state index contributed by atoms with van der Waals surface area (Å²) < 4.78 is 0. The molecule has 2 nitrogen and oxygen atoms in total. The van der Waals surface area contributed by atoms with E-state index >= 15 is 0 Å². The molecule has 0 aromatic heterocycles. The Bertz CT molecular complexity index is 183. The van der Waals surface area contributed by atoms with E-state index in [1.165, 1.54) is 25.9 Å². The maximum atomic E-state index is 3.62. The van der Waals surface area contributed by atoms with Gasteiger partial charge in [0.05, 0.1) is 0 Å². The third-order valence-electron chi connectivity index (χ3n) is 3.91. The smallest absolute Gasteiger partial charge is 0.0218 e. The Kier molecular flexibility index (Phi) is 5.77. The first-order chi connectivity index (χ1) is 7.54. The summed E-state index contributed by atoms with van der Waals surface area (Å²) in [5.74, 6) is 1.73. The Morgan fingerprint density at radius 3 is 2.25 bits per heavy atom. The van der Waals surface area contributed by atoms with Crippen LogP contribution in [0.4, 0.5) is 0 Å². The van der Waals surface area contributed by atoms with Gasteiger partial charge in [-0.3, -0.25) is 4.90 Å². The van der Waals surface area contributed by atoms with E-state index in [2.05, 4.69) is 44.8 Å². The molecule has 4 atom stereocenters. The highest BCUT2D eigenvalue weighted by Crippen LogP contribution is 2.23. The van der Waals surface area contributed by atoms with Crippen molar-refractivity contribution in [2.45, 2.75) is 59.5 Å². The SMILES string of the molecule is CCCNC(C)C(C)N1CC(C)CC(C)C1. The molecule has 1 heterocycles. The minimum atomic E-state index is 0.609. The molecule has 0 aromatic rings. The van der Waals surface area contributed by atoms with E-state index in [4.69, 9.17) is 0 Å². The van der Waals surface area contributed by atoms with E-state index in [-0.39, 0.29) is 0 Å². The predicted octanol–water partition coefficient (Wildman–Crippen LogP) is 2.74. The molecule has 0 aromatic carbocycles. The van der Waals surface area contributed by atoms with Gasteiger partial charge in [-0.25, -0.2) is 0 Å². The van der Waals surface area contributed by atoms with Gasteiger partial charge in [0.2, 0.25) is 0 Å². The number of rotatable bonds is 5. The molecule has 4 unspecified atom stereocenters. The monoisotopic (exact) mass is 226 g/mol. The standard InChI is InChI=1S/C14H30N2/c1-6-7-15-13(4)14(5)16-9-11(2)8-12(3)10-16/h11-15H,6-10H2,1-5H3. The minimum Gasteiger partial charge on any atom is -0.313 e. The predicted molar refractivity (Wildman–Crippen MR) is 71.7 cm³/mol. The van der Waals surface area contributed by atoms with E-state index in [9.17, 15) is 0 Å². The average molecular weight is 226 g/mol. The van der Waals surface area contributed by atoms with Gasteiger partial charge in [0, 0.05) is 25.2 Å². The van der Waals surface area contributed by atoms with Crippen molar-refractivity contribution in [2.24, 2.45) is 11.8 Å². The number of nitrogens with one attached hydrogen (secondary N) is 1. The summed E-state index contributed by atoms with van der Waals surface area (Å²) in [4.78, 5) is 2.67. The number of piperidine rings is 1. The number of likely N-dealkylation sites (tertiary alicyclic amines) is 1. The summed E-state index contributed by atoms with van der Waals surface area (Å²) in [5.41, 5.74) is 0. The van der Waals surface area contributed by atoms with Gasteiger partial charge in [-0.05, 0) is 45.1 Å². The normalized spacial score (nSPS) is 31.3. The van der Waals surface area contributed by atoms with Gasteiger partial charge >= 0.3 is 0 Å². The summed E-state index contributed by atoms with van der Waals surface area (Å²) in [6, 6.07) is 1.27. The van der Waals surface area contributed by atoms with Crippen molar-refractivity contribution in [1.82, 2.24) is 10.2 Å². The number of hydrogen-bond acceptors (Lipinski definition) is 2. The summed E-state index contributed by atoms with van der Waals surface area (Å²) in [7, 11) is 0. The van der Waals surface area contributed by atoms with Gasteiger partial charge in [-0.1, -0.05) is 20.8 Å². The van der Waals surface area contributed by atoms with Crippen LogP contribution in [0, 0.1) is 11.8 Å². The summed E-state index contributed by atoms with van der Waals surface area (Å²) >= 11 is 0. The van der Waals surface area contributed by atoms with Crippen LogP contribution < -0.4 is 5.32 Å². The van der Waals surface area contributed by atoms with Crippen LogP contribution in [0.5, 0.6) is 0 Å². The fraction of sp³-hybridized carbons (Fsp3) is 1.00. The second-order valence-corrected chi connectivity index (χ2v) is 5.88. The molecule has 0 amide bonds. The van der Waals surface area contributed by atoms with Crippen LogP contribution >= 0.6 is 0 Å². The van der Waals surface area contributed by atoms with Crippen molar-refractivity contribution < 1.29 is 0 Å². The second-order valence-electron chi connectivity index (χ2n) is 5.88. The summed E-state index contributed by atoms with van der Waals surface area (Å²) in [5, 5.41) is 3.62. The van der Waals surface area contributed by atoms with Crippen molar-refractivity contribution >= 4 is 0 Å². The first kappa shape index (κ1) is 14.0. The van der Waals surface area contributed by atoms with Crippen LogP contribution in [-0.4, -0.2) is 36.6 Å². The zero-order chi connectivity index (χ0) is 12.1. The van der Waals surface area contributed by atoms with Crippen LogP contribution in [0.1, 0.15) is 47.5 Å². The molecular formula is C14H30N2. The molecule has 0 bridgehead atoms. The Hall–Kier alpha value is -0.0800. The van der Waals surface area contributed by atoms with Crippen molar-refractivity contribution in [3.8, 4) is 0 Å². The molecule has 0 radical (unpaired) electrons. The maximum absolute atomic E-state index is 3.62. The van der Waals surface area contributed by atoms with Crippen LogP contribution in [0.3, 0.4) is 0 Å². The van der Waals surface area contributed by atoms with Crippen LogP contribution in [0.15, 0.2) is 0 Å². The van der Waals surface area contributed by atoms with E-state index in [1.807, 2.05) is 0 Å². The van der Waals surface area contributed by atoms with E-state index in [1.54, 1.807) is 0 Å². The third-order valence-corrected chi connectivity index (χ3v) is 3.91. The Balaban J connectivity index is 2.42. The molecule has 2 heteroatoms. The van der Waals surface area contributed by atoms with Gasteiger partial charge in [0.15, 0.2) is 0 Å². The van der Waals surface area contributed by atoms with Crippen molar-refractivity contribution in [3.05, 3.63) is 0 Å². The summed E-state index contributed by atoms with van der Waals surface area (Å²) in [6.45, 7) is 15.4. The molecular weight excluding hydrogens is 196 g/mol. The second kappa shape index (κ2) is 6.61. The lowest BCUT2D eigenvalue weighted by Crippen LogP contribution is -2.51. The van der Waals surface area contributed by atoms with Crippen LogP contribution in [-0.2, 0) is 0 Å². The van der Waals surface area contributed by atoms with E-state index in [0.717, 1.165) is 18.4 Å². The molecule has 0 spiro atoms. The Morgan fingerprint density at radius 1 is 1.19 bits per heavy atom. The Morgan fingerprint density at radius 2 is 1.75 bits per heavy atom. The van der Waals surface area contributed by atoms with Crippen molar-refractivity contribution in [1.29, 1.82) is 0 Å². The molecule has 1 saturated heterocycles. The highest BCUT2D eigenvalue weighted by atomic mass is 15.2. The highest BCUT2D eigenvalue weighted by Gasteiger charge is 2.27. The molecule has 1 N–H and O–H groups in total. The molecule has 0 saturated carbocycles. The quantitative estimate of drug-likeness (QED) is 0.775. The van der Waals surface area contributed by atoms with Gasteiger partial charge < -0.3 is 5.32 Å². The van der Waals surface area contributed by atoms with Crippen LogP contribution in [0.2, 0.25) is 0 Å². The maximum Gasteiger partial charge on any atom is 0.0218 e. The first-order valence-electron chi connectivity index (χ1n) is 7.02. The van der Waals surface area contributed by atoms with Gasteiger partial charge in [-0.2, -0.15) is 0 Å². The zero-order valence-electron chi connectivity index (χ0n) is 11.8. The van der Waals surface area contributed by atoms with E-state index in [0.29, 0.717) is 12.1 Å². The fourth-order valence-electron chi connectivity index (χ4n) is 2.90. The molecule has 1 rings (SSSR count). The van der Waals surface area contributed by atoms with Gasteiger partial charge in [-0.15, -0.1) is 0 Å². The molecule has 0 aliphatic carbocycles. The van der Waals surface area contributed by atoms with Gasteiger partial charge in [0.1, 0.15) is 0 Å². The van der Waals surface area contributed by atoms with Crippen LogP contribution in [0.25, 0.3) is 0 Å². The highest BCUT2D eigenvalue weighted by molar-refractivity contribution is 4.83. The molecule has 1 fully saturated rings. The largest absolute Gasteiger partial charge is 0.313 e. The number of nitrogens with zero attached hydrogens (tertiary/aromatic N) is 1. The first-order valence-corrected chi connectivity index (χ1v) is 7.02. The lowest BCUT2D eigenvalue weighted by atomic mass is 9.90. The molecule has 1 aliphatic rings. The number of hydrogen-bond donors (Lipinski definition) is 1. The van der Waals surface area contributed by atoms with E-state index < -0.39 is 0 Å². The topological polar surface area (TPSA) is 15.3 Å². The lowest BCUT2D eigenvalue weighted by molar-refractivity contribution is 0.0867. The van der Waals surface area contributed by atoms with Crippen molar-refractivity contribution in [3.63, 3.8) is 0 Å². The van der Waals surface area contributed by atoms with Gasteiger partial charge in [0.25, 0.3) is 0 Å². The zero-order valence-corrected chi connectivity index (χ0v) is 11.8. The molecule has 16 heavy (non-hydrogen) atoms. The Labute approximate surface area is 102 Å². The summed E-state index contributed by atoms with van der Waals surface area (Å²) in [6.07, 6.45) is 2.63. The minimum absolute atomic E-state index is 0.609. The molecule has 1 aliphatic heterocycles. The third kappa shape index (κ3) is 4.06. The lowest BCUT2D eigenvalue weighted by Gasteiger charge is -2.41.